The molecule has 1 aromatic rings. The van der Waals surface area contributed by atoms with Gasteiger partial charge in [0.05, 0.1) is 30.6 Å². The van der Waals surface area contributed by atoms with Crippen LogP contribution in [-0.4, -0.2) is 86.5 Å². The van der Waals surface area contributed by atoms with Crippen molar-refractivity contribution in [2.75, 3.05) is 24.6 Å². The molecule has 0 aromatic heterocycles. The van der Waals surface area contributed by atoms with Gasteiger partial charge in [-0.1, -0.05) is 80.9 Å². The lowest BCUT2D eigenvalue weighted by Gasteiger charge is -2.46. The molecule has 0 aliphatic carbocycles. The van der Waals surface area contributed by atoms with Gasteiger partial charge in [-0.2, -0.15) is 0 Å². The van der Waals surface area contributed by atoms with Gasteiger partial charge >= 0.3 is 0 Å². The van der Waals surface area contributed by atoms with Crippen molar-refractivity contribution in [1.29, 1.82) is 0 Å². The highest BCUT2D eigenvalue weighted by molar-refractivity contribution is 9.09. The fourth-order valence-electron chi connectivity index (χ4n) is 8.39. The van der Waals surface area contributed by atoms with Crippen molar-refractivity contribution in [3.63, 3.8) is 0 Å². The Balaban J connectivity index is 1.87. The number of alkyl halides is 1. The maximum absolute atomic E-state index is 15.1. The van der Waals surface area contributed by atoms with Crippen LogP contribution in [0.15, 0.2) is 55.6 Å². The molecule has 45 heavy (non-hydrogen) atoms. The number of fused-ring (bicyclic) bond motifs is 1. The van der Waals surface area contributed by atoms with Crippen LogP contribution in [0, 0.1) is 23.2 Å². The van der Waals surface area contributed by atoms with Crippen molar-refractivity contribution >= 4 is 39.3 Å². The van der Waals surface area contributed by atoms with Gasteiger partial charge in [-0.3, -0.25) is 14.4 Å². The Kier molecular flexibility index (Phi) is 10.5. The largest absolute Gasteiger partial charge is 0.394 e. The third-order valence-electron chi connectivity index (χ3n) is 9.51. The van der Waals surface area contributed by atoms with Crippen molar-refractivity contribution in [3.05, 3.63) is 55.6 Å². The monoisotopic (exact) mass is 685 g/mol. The quantitative estimate of drug-likeness (QED) is 0.216. The Hall–Kier alpha value is -2.49. The number of aliphatic hydroxyl groups excluding tert-OH is 1. The Morgan fingerprint density at radius 2 is 1.73 bits per heavy atom. The zero-order valence-electron chi connectivity index (χ0n) is 28.0. The van der Waals surface area contributed by atoms with Crippen molar-refractivity contribution in [2.24, 2.45) is 23.2 Å². The number of carbonyl (C=O) groups excluding carboxylic acids is 3. The highest BCUT2D eigenvalue weighted by Gasteiger charge is 2.77. The van der Waals surface area contributed by atoms with Gasteiger partial charge in [-0.15, -0.1) is 13.2 Å². The summed E-state index contributed by atoms with van der Waals surface area (Å²) in [7, 11) is 0. The molecule has 3 aliphatic heterocycles. The van der Waals surface area contributed by atoms with Crippen molar-refractivity contribution in [2.45, 2.75) is 102 Å². The van der Waals surface area contributed by atoms with Crippen LogP contribution < -0.4 is 4.90 Å². The van der Waals surface area contributed by atoms with Gasteiger partial charge in [-0.05, 0) is 56.6 Å². The molecule has 9 heteroatoms. The number of likely N-dealkylation sites (tertiary alicyclic amines) is 1. The highest BCUT2D eigenvalue weighted by Crippen LogP contribution is 2.61. The third kappa shape index (κ3) is 6.54. The summed E-state index contributed by atoms with van der Waals surface area (Å²) in [5, 5.41) is 10.7. The van der Waals surface area contributed by atoms with Gasteiger partial charge in [0, 0.05) is 29.1 Å². The van der Waals surface area contributed by atoms with Crippen LogP contribution in [0.2, 0.25) is 0 Å². The van der Waals surface area contributed by atoms with E-state index in [0.717, 1.165) is 0 Å². The first-order valence-electron chi connectivity index (χ1n) is 16.2. The van der Waals surface area contributed by atoms with E-state index >= 15 is 4.79 Å². The number of aliphatic hydroxyl groups is 1. The molecule has 3 unspecified atom stereocenters. The van der Waals surface area contributed by atoms with Gasteiger partial charge in [0.2, 0.25) is 17.7 Å². The van der Waals surface area contributed by atoms with Gasteiger partial charge in [0.25, 0.3) is 0 Å². The standard InChI is InChI=1S/C36H52BrN3O5/c1-10-17-38(24-15-13-12-14-16-24)31(42)27-28-32(43)40(25(21-41)19-23(3)4)30(36(28)20-26(37)29(27)45-36)33(44)39(18-11-2)35(8,9)22-34(5,6)7/h10-16,23,25-30,41H,1-2,17-22H2,3-9H3/t25-,26?,27-,28+,29-,30?,36?/m1/s1. The summed E-state index contributed by atoms with van der Waals surface area (Å²) in [4.78, 5) is 49.3. The number of amides is 3. The number of hydrogen-bond donors (Lipinski definition) is 1. The van der Waals surface area contributed by atoms with E-state index in [9.17, 15) is 14.7 Å². The second-order valence-electron chi connectivity index (χ2n) is 15.2. The normalized spacial score (nSPS) is 28.3. The van der Waals surface area contributed by atoms with Crippen LogP contribution in [-0.2, 0) is 19.1 Å². The number of carbonyl (C=O) groups is 3. The third-order valence-corrected chi connectivity index (χ3v) is 10.4. The van der Waals surface area contributed by atoms with Crippen molar-refractivity contribution in [3.8, 4) is 0 Å². The maximum atomic E-state index is 15.1. The van der Waals surface area contributed by atoms with Gasteiger partial charge < -0.3 is 24.5 Å². The summed E-state index contributed by atoms with van der Waals surface area (Å²) < 4.78 is 6.83. The number of halogens is 1. The molecule has 2 bridgehead atoms. The Bertz CT molecular complexity index is 1280. The van der Waals surface area contributed by atoms with Crippen LogP contribution in [0.4, 0.5) is 5.69 Å². The molecule has 248 valence electrons. The molecule has 0 saturated carbocycles. The molecule has 7 atom stereocenters. The summed E-state index contributed by atoms with van der Waals surface area (Å²) >= 11 is 3.80. The number of hydrogen-bond acceptors (Lipinski definition) is 5. The molecule has 3 heterocycles. The van der Waals surface area contributed by atoms with Crippen LogP contribution in [0.1, 0.15) is 67.7 Å². The van der Waals surface area contributed by atoms with E-state index in [1.165, 1.54) is 0 Å². The molecule has 1 aromatic carbocycles. The maximum Gasteiger partial charge on any atom is 0.249 e. The lowest BCUT2D eigenvalue weighted by atomic mass is 9.69. The molecular formula is C36H52BrN3O5. The lowest BCUT2D eigenvalue weighted by Crippen LogP contribution is -2.62. The highest BCUT2D eigenvalue weighted by atomic mass is 79.9. The molecule has 1 spiro atoms. The topological polar surface area (TPSA) is 90.4 Å². The minimum atomic E-state index is -1.23. The number of para-hydroxylation sites is 1. The van der Waals surface area contributed by atoms with Crippen LogP contribution in [0.25, 0.3) is 0 Å². The van der Waals surface area contributed by atoms with Crippen LogP contribution in [0.3, 0.4) is 0 Å². The predicted molar refractivity (Wildman–Crippen MR) is 182 cm³/mol. The number of ether oxygens (including phenoxy) is 1. The van der Waals surface area contributed by atoms with Gasteiger partial charge in [0.1, 0.15) is 11.6 Å². The van der Waals surface area contributed by atoms with E-state index in [1.54, 1.807) is 22.0 Å². The predicted octanol–water partition coefficient (Wildman–Crippen LogP) is 5.59. The summed E-state index contributed by atoms with van der Waals surface area (Å²) in [5.74, 6) is -2.29. The lowest BCUT2D eigenvalue weighted by molar-refractivity contribution is -0.155. The second kappa shape index (κ2) is 13.3. The van der Waals surface area contributed by atoms with Crippen molar-refractivity contribution in [1.82, 2.24) is 9.80 Å². The molecule has 8 nitrogen and oxygen atoms in total. The first kappa shape index (κ1) is 35.4. The molecule has 1 N–H and O–H groups in total. The molecule has 3 amide bonds. The smallest absolute Gasteiger partial charge is 0.249 e. The number of anilines is 1. The van der Waals surface area contributed by atoms with E-state index in [0.29, 0.717) is 31.5 Å². The first-order valence-corrected chi connectivity index (χ1v) is 17.1. The van der Waals surface area contributed by atoms with Gasteiger partial charge in [0.15, 0.2) is 0 Å². The van der Waals surface area contributed by atoms with E-state index < -0.39 is 41.2 Å². The molecule has 4 rings (SSSR count). The zero-order valence-corrected chi connectivity index (χ0v) is 29.6. The molecular weight excluding hydrogens is 634 g/mol. The summed E-state index contributed by atoms with van der Waals surface area (Å²) in [6.07, 6.45) is 4.42. The average molecular weight is 687 g/mol. The fraction of sp³-hybridized carbons (Fsp3) is 0.639. The minimum absolute atomic E-state index is 0.0761. The Morgan fingerprint density at radius 3 is 2.27 bits per heavy atom. The average Bonchev–Trinajstić information content (AvgIpc) is 3.55. The van der Waals surface area contributed by atoms with E-state index in [4.69, 9.17) is 4.74 Å². The zero-order chi connectivity index (χ0) is 33.5. The Morgan fingerprint density at radius 1 is 1.11 bits per heavy atom. The number of nitrogens with zero attached hydrogens (tertiary/aromatic N) is 3. The molecule has 0 radical (unpaired) electrons. The minimum Gasteiger partial charge on any atom is -0.394 e. The van der Waals surface area contributed by atoms with E-state index in [-0.39, 0.29) is 47.0 Å². The summed E-state index contributed by atoms with van der Waals surface area (Å²) in [5.41, 5.74) is -1.18. The van der Waals surface area contributed by atoms with Crippen LogP contribution in [0.5, 0.6) is 0 Å². The number of benzene rings is 1. The molecule has 3 saturated heterocycles. The molecule has 3 fully saturated rings. The summed E-state index contributed by atoms with van der Waals surface area (Å²) in [6.45, 7) is 22.7. The van der Waals surface area contributed by atoms with E-state index in [1.807, 2.05) is 62.9 Å². The SMILES string of the molecule is C=CCN(C(=O)[C@H]1[C@@H]2OC3(CC2Br)C(C(=O)N(CC=C)C(C)(C)CC(C)(C)C)N([C@@H](CO)CC(C)C)C(=O)[C@H]13)c1ccccc1. The fourth-order valence-corrected chi connectivity index (χ4v) is 9.33. The van der Waals surface area contributed by atoms with E-state index in [2.05, 4.69) is 49.9 Å². The first-order chi connectivity index (χ1) is 21.0. The number of rotatable bonds is 13. The van der Waals surface area contributed by atoms with Crippen LogP contribution >= 0.6 is 15.9 Å². The van der Waals surface area contributed by atoms with Crippen molar-refractivity contribution < 1.29 is 24.2 Å². The molecule has 3 aliphatic rings. The Labute approximate surface area is 278 Å². The van der Waals surface area contributed by atoms with Gasteiger partial charge in [-0.25, -0.2) is 0 Å². The summed E-state index contributed by atoms with van der Waals surface area (Å²) in [6, 6.07) is 7.74. The second-order valence-corrected chi connectivity index (χ2v) is 16.4.